The summed E-state index contributed by atoms with van der Waals surface area (Å²) in [5.41, 5.74) is 12.2. The van der Waals surface area contributed by atoms with E-state index in [0.29, 0.717) is 5.82 Å². The van der Waals surface area contributed by atoms with E-state index in [1.54, 1.807) is 0 Å². The maximum atomic E-state index is 6.56. The van der Waals surface area contributed by atoms with Crippen molar-refractivity contribution in [1.82, 2.24) is 23.9 Å². The predicted molar refractivity (Wildman–Crippen MR) is 284 cm³/mol. The average Bonchev–Trinajstić information content (AvgIpc) is 4.25. The third-order valence-corrected chi connectivity index (χ3v) is 14.9. The highest BCUT2D eigenvalue weighted by Gasteiger charge is 2.25. The van der Waals surface area contributed by atoms with Crippen molar-refractivity contribution in [1.29, 1.82) is 0 Å². The first-order valence-corrected chi connectivity index (χ1v) is 23.6. The predicted octanol–water partition coefficient (Wildman–Crippen LogP) is 16.6. The highest BCUT2D eigenvalue weighted by molar-refractivity contribution is 6.21. The molecule has 7 aromatic heterocycles. The van der Waals surface area contributed by atoms with Gasteiger partial charge in [-0.15, -0.1) is 10.2 Å². The number of aromatic nitrogens is 5. The largest absolute Gasteiger partial charge is 0.456 e. The van der Waals surface area contributed by atoms with Gasteiger partial charge in [0.1, 0.15) is 33.5 Å². The van der Waals surface area contributed by atoms with Crippen molar-refractivity contribution in [2.45, 2.75) is 0 Å². The van der Waals surface area contributed by atoms with Crippen LogP contribution >= 0.6 is 0 Å². The minimum atomic E-state index is 0.711. The molecule has 0 aliphatic heterocycles. The average molecular weight is 896 g/mol. The molecule has 0 N–H and O–H groups in total. The first kappa shape index (κ1) is 36.5. The summed E-state index contributed by atoms with van der Waals surface area (Å²) in [6.07, 6.45) is 0. The van der Waals surface area contributed by atoms with E-state index in [2.05, 4.69) is 177 Å². The lowest BCUT2D eigenvalue weighted by molar-refractivity contribution is 0.669. The van der Waals surface area contributed by atoms with Gasteiger partial charge >= 0.3 is 0 Å². The Morgan fingerprint density at radius 2 is 0.586 bits per heavy atom. The molecule has 70 heavy (non-hydrogen) atoms. The molecule has 0 aliphatic carbocycles. The number of rotatable bonds is 3. The van der Waals surface area contributed by atoms with Gasteiger partial charge in [0.2, 0.25) is 0 Å². The van der Waals surface area contributed by atoms with Crippen molar-refractivity contribution in [2.75, 3.05) is 0 Å². The fourth-order valence-corrected chi connectivity index (χ4v) is 11.9. The van der Waals surface area contributed by atoms with Gasteiger partial charge in [-0.05, 0) is 72.8 Å². The Hall–Kier alpha value is -9.66. The van der Waals surface area contributed by atoms with Crippen LogP contribution in [-0.4, -0.2) is 23.9 Å². The summed E-state index contributed by atoms with van der Waals surface area (Å²) in [5.74, 6) is 1.43. The lowest BCUT2D eigenvalue weighted by atomic mass is 10.1. The van der Waals surface area contributed by atoms with Crippen LogP contribution in [0.2, 0.25) is 0 Å². The molecule has 324 valence electrons. The second kappa shape index (κ2) is 13.1. The van der Waals surface area contributed by atoms with Crippen LogP contribution in [0.5, 0.6) is 0 Å². The van der Waals surface area contributed by atoms with Crippen LogP contribution in [0.1, 0.15) is 0 Å². The second-order valence-electron chi connectivity index (χ2n) is 18.5. The minimum Gasteiger partial charge on any atom is -0.456 e. The van der Waals surface area contributed by atoms with Gasteiger partial charge in [0.05, 0.1) is 33.1 Å². The molecule has 8 heteroatoms. The molecule has 0 fully saturated rings. The summed E-state index contributed by atoms with van der Waals surface area (Å²) < 4.78 is 26.5. The van der Waals surface area contributed by atoms with Gasteiger partial charge in [0, 0.05) is 99.3 Å². The molecule has 17 rings (SSSR count). The smallest absolute Gasteiger partial charge is 0.168 e. The van der Waals surface area contributed by atoms with Crippen molar-refractivity contribution in [3.63, 3.8) is 0 Å². The minimum absolute atomic E-state index is 0.711. The van der Waals surface area contributed by atoms with Crippen LogP contribution in [0.3, 0.4) is 0 Å². The standard InChI is InChI=1S/C62H33N5O3/c1-7-19-49-35(13-1)42-28-45-38-16-4-10-22-55(38)68-58(45)31-52(42)65(49)34-25-26-41-48(27-34)62(67-51-21-9-3-15-37(51)44-30-47-40-18-6-12-24-57(40)70-60(47)33-54(44)67)64-63-61(41)66-50-20-8-2-14-36(50)43-29-46-39-17-5-11-23-56(39)69-59(46)32-53(43)66/h1-33H. The molecule has 0 bridgehead atoms. The summed E-state index contributed by atoms with van der Waals surface area (Å²) in [6, 6.07) is 70.7. The SMILES string of the molecule is c1ccc2c(c1)oc1cc3c(cc12)c1ccccc1n3-c1ccc2c(-n3c4ccccc4c4cc5c(cc43)oc3ccccc35)nnc(-n3c4ccccc4c4cc5c(cc43)oc3ccccc35)c2c1. The highest BCUT2D eigenvalue weighted by atomic mass is 16.3. The molecule has 0 saturated carbocycles. The number of benzene rings is 10. The number of furan rings is 3. The summed E-state index contributed by atoms with van der Waals surface area (Å²) in [4.78, 5) is 0. The van der Waals surface area contributed by atoms with E-state index in [4.69, 9.17) is 23.4 Å². The van der Waals surface area contributed by atoms with E-state index in [-0.39, 0.29) is 0 Å². The van der Waals surface area contributed by atoms with Crippen LogP contribution in [0.15, 0.2) is 213 Å². The molecular weight excluding hydrogens is 863 g/mol. The molecule has 0 aliphatic rings. The van der Waals surface area contributed by atoms with E-state index in [9.17, 15) is 0 Å². The van der Waals surface area contributed by atoms with E-state index < -0.39 is 0 Å². The Labute approximate surface area is 395 Å². The first-order valence-electron chi connectivity index (χ1n) is 23.6. The third-order valence-electron chi connectivity index (χ3n) is 14.9. The van der Waals surface area contributed by atoms with E-state index in [1.807, 2.05) is 36.4 Å². The Morgan fingerprint density at radius 1 is 0.229 bits per heavy atom. The Morgan fingerprint density at radius 3 is 1.03 bits per heavy atom. The topological polar surface area (TPSA) is 80.0 Å². The maximum Gasteiger partial charge on any atom is 0.168 e. The van der Waals surface area contributed by atoms with Crippen LogP contribution in [0.4, 0.5) is 0 Å². The zero-order chi connectivity index (χ0) is 45.3. The third kappa shape index (κ3) is 4.69. The lowest BCUT2D eigenvalue weighted by Gasteiger charge is -2.16. The summed E-state index contributed by atoms with van der Waals surface area (Å²) in [6.45, 7) is 0. The number of hydrogen-bond acceptors (Lipinski definition) is 5. The van der Waals surface area contributed by atoms with E-state index in [0.717, 1.165) is 154 Å². The molecule has 0 spiro atoms. The molecular formula is C62H33N5O3. The Bertz CT molecular complexity index is 5150. The molecule has 0 atom stereocenters. The number of para-hydroxylation sites is 6. The fraction of sp³-hybridized carbons (Fsp3) is 0. The monoisotopic (exact) mass is 895 g/mol. The van der Waals surface area contributed by atoms with Gasteiger partial charge in [-0.3, -0.25) is 9.13 Å². The number of nitrogens with zero attached hydrogens (tertiary/aromatic N) is 5. The second-order valence-corrected chi connectivity index (χ2v) is 18.5. The number of hydrogen-bond donors (Lipinski definition) is 0. The van der Waals surface area contributed by atoms with Crippen molar-refractivity contribution in [3.8, 4) is 17.3 Å². The molecule has 0 radical (unpaired) electrons. The van der Waals surface area contributed by atoms with Crippen LogP contribution in [-0.2, 0) is 0 Å². The van der Waals surface area contributed by atoms with E-state index >= 15 is 0 Å². The van der Waals surface area contributed by atoms with Gasteiger partial charge in [-0.2, -0.15) is 0 Å². The van der Waals surface area contributed by atoms with Crippen LogP contribution in [0, 0.1) is 0 Å². The van der Waals surface area contributed by atoms with Gasteiger partial charge < -0.3 is 17.8 Å². The van der Waals surface area contributed by atoms with Crippen LogP contribution in [0.25, 0.3) is 159 Å². The normalized spacial score (nSPS) is 12.6. The summed E-state index contributed by atoms with van der Waals surface area (Å²) >= 11 is 0. The van der Waals surface area contributed by atoms with Crippen molar-refractivity contribution in [3.05, 3.63) is 200 Å². The molecule has 0 saturated heterocycles. The molecule has 10 aromatic carbocycles. The van der Waals surface area contributed by atoms with Gasteiger partial charge in [-0.25, -0.2) is 0 Å². The first-order chi connectivity index (χ1) is 34.7. The number of fused-ring (bicyclic) bond motifs is 19. The maximum absolute atomic E-state index is 6.56. The molecule has 0 amide bonds. The summed E-state index contributed by atoms with van der Waals surface area (Å²) in [7, 11) is 0. The van der Waals surface area contributed by atoms with Gasteiger partial charge in [-0.1, -0.05) is 109 Å². The molecule has 0 unspecified atom stereocenters. The molecule has 17 aromatic rings. The fourth-order valence-electron chi connectivity index (χ4n) is 11.9. The van der Waals surface area contributed by atoms with Crippen molar-refractivity contribution >= 4 is 142 Å². The zero-order valence-corrected chi connectivity index (χ0v) is 37.0. The Balaban J connectivity index is 1.00. The highest BCUT2D eigenvalue weighted by Crippen LogP contribution is 2.44. The van der Waals surface area contributed by atoms with Crippen molar-refractivity contribution in [2.24, 2.45) is 0 Å². The quantitative estimate of drug-likeness (QED) is 0.176. The van der Waals surface area contributed by atoms with Crippen LogP contribution < -0.4 is 0 Å². The zero-order valence-electron chi connectivity index (χ0n) is 37.0. The lowest BCUT2D eigenvalue weighted by Crippen LogP contribution is -2.07. The van der Waals surface area contributed by atoms with Gasteiger partial charge in [0.25, 0.3) is 0 Å². The van der Waals surface area contributed by atoms with Gasteiger partial charge in [0.15, 0.2) is 11.6 Å². The molecule has 8 nitrogen and oxygen atoms in total. The molecule has 7 heterocycles. The summed E-state index contributed by atoms with van der Waals surface area (Å²) in [5, 5.41) is 25.9. The van der Waals surface area contributed by atoms with E-state index in [1.165, 1.54) is 0 Å². The van der Waals surface area contributed by atoms with Crippen molar-refractivity contribution < 1.29 is 13.3 Å². The Kier molecular flexibility index (Phi) is 6.80.